The van der Waals surface area contributed by atoms with Gasteiger partial charge in [0.05, 0.1) is 12.5 Å². The van der Waals surface area contributed by atoms with Crippen LogP contribution >= 0.6 is 11.6 Å². The molecule has 0 bridgehead atoms. The van der Waals surface area contributed by atoms with Gasteiger partial charge in [0.15, 0.2) is 0 Å². The minimum absolute atomic E-state index is 0.0698. The Kier molecular flexibility index (Phi) is 7.18. The van der Waals surface area contributed by atoms with E-state index in [2.05, 4.69) is 10.3 Å². The van der Waals surface area contributed by atoms with Crippen LogP contribution in [-0.2, 0) is 13.6 Å². The van der Waals surface area contributed by atoms with Crippen LogP contribution < -0.4 is 15.5 Å². The third-order valence-corrected chi connectivity index (χ3v) is 4.35. The molecular weight excluding hydrogens is 378 g/mol. The van der Waals surface area contributed by atoms with E-state index in [9.17, 15) is 9.59 Å². The number of methoxy groups -OCH3 is 1. The first-order chi connectivity index (χ1) is 13.4. The average molecular weight is 402 g/mol. The molecule has 1 aromatic carbocycles. The van der Waals surface area contributed by atoms with Gasteiger partial charge >= 0.3 is 0 Å². The Bertz CT molecular complexity index is 1040. The second-order valence-electron chi connectivity index (χ2n) is 5.98. The van der Waals surface area contributed by atoms with E-state index >= 15 is 0 Å². The Labute approximate surface area is 169 Å². The van der Waals surface area contributed by atoms with Crippen LogP contribution in [0, 0.1) is 6.92 Å². The van der Waals surface area contributed by atoms with Gasteiger partial charge in [0, 0.05) is 30.4 Å². The van der Waals surface area contributed by atoms with Gasteiger partial charge in [-0.2, -0.15) is 4.98 Å². The second-order valence-corrected chi connectivity index (χ2v) is 6.41. The van der Waals surface area contributed by atoms with Gasteiger partial charge in [-0.25, -0.2) is 0 Å². The van der Waals surface area contributed by atoms with Crippen molar-refractivity contribution in [1.29, 1.82) is 0 Å². The van der Waals surface area contributed by atoms with Crippen molar-refractivity contribution in [1.82, 2.24) is 14.9 Å². The van der Waals surface area contributed by atoms with Gasteiger partial charge in [-0.05, 0) is 30.7 Å². The number of carbonyl (C=O) groups excluding carboxylic acids is 1. The number of amides is 1. The standard InChI is InChI=1S/C19H18ClN3O3.C2H6/c1-11-8-14-16(24)15(10-23(2)17(14)22-19(11)26-3)18(25)21-9-12-4-6-13(20)7-5-12;1-2/h4-8,10H,9H2,1-3H3,(H,21,25);1-2H3. The molecule has 0 saturated heterocycles. The van der Waals surface area contributed by atoms with Crippen LogP contribution in [0.2, 0.25) is 5.02 Å². The van der Waals surface area contributed by atoms with Gasteiger partial charge in [0.2, 0.25) is 11.3 Å². The van der Waals surface area contributed by atoms with Crippen LogP contribution in [-0.4, -0.2) is 22.6 Å². The van der Waals surface area contributed by atoms with E-state index < -0.39 is 5.91 Å². The summed E-state index contributed by atoms with van der Waals surface area (Å²) >= 11 is 5.85. The van der Waals surface area contributed by atoms with Crippen LogP contribution in [0.3, 0.4) is 0 Å². The van der Waals surface area contributed by atoms with E-state index in [-0.39, 0.29) is 11.0 Å². The Morgan fingerprint density at radius 2 is 1.89 bits per heavy atom. The fourth-order valence-corrected chi connectivity index (χ4v) is 2.86. The predicted octanol–water partition coefficient (Wildman–Crippen LogP) is 3.86. The number of aryl methyl sites for hydroxylation is 2. The van der Waals surface area contributed by atoms with Crippen LogP contribution in [0.1, 0.15) is 35.3 Å². The van der Waals surface area contributed by atoms with Crippen molar-refractivity contribution in [3.63, 3.8) is 0 Å². The van der Waals surface area contributed by atoms with Gasteiger partial charge in [-0.3, -0.25) is 9.59 Å². The lowest BCUT2D eigenvalue weighted by Crippen LogP contribution is -2.29. The molecule has 6 nitrogen and oxygen atoms in total. The number of halogens is 1. The van der Waals surface area contributed by atoms with E-state index in [1.807, 2.05) is 26.0 Å². The highest BCUT2D eigenvalue weighted by molar-refractivity contribution is 6.30. The largest absolute Gasteiger partial charge is 0.481 e. The Morgan fingerprint density at radius 1 is 1.25 bits per heavy atom. The summed E-state index contributed by atoms with van der Waals surface area (Å²) in [5.74, 6) is 0.0170. The molecule has 0 radical (unpaired) electrons. The van der Waals surface area contributed by atoms with Crippen LogP contribution in [0.15, 0.2) is 41.3 Å². The number of carbonyl (C=O) groups is 1. The molecule has 1 N–H and O–H groups in total. The normalized spacial score (nSPS) is 10.2. The van der Waals surface area contributed by atoms with Crippen LogP contribution in [0.5, 0.6) is 5.88 Å². The maximum absolute atomic E-state index is 12.8. The minimum Gasteiger partial charge on any atom is -0.481 e. The lowest BCUT2D eigenvalue weighted by atomic mass is 10.1. The van der Waals surface area contributed by atoms with E-state index in [1.165, 1.54) is 13.3 Å². The third-order valence-electron chi connectivity index (χ3n) is 4.10. The number of rotatable bonds is 4. The number of pyridine rings is 2. The maximum Gasteiger partial charge on any atom is 0.257 e. The first-order valence-corrected chi connectivity index (χ1v) is 9.36. The highest BCUT2D eigenvalue weighted by atomic mass is 35.5. The summed E-state index contributed by atoms with van der Waals surface area (Å²) in [6.45, 7) is 6.11. The number of nitrogens with zero attached hydrogens (tertiary/aromatic N) is 2. The number of benzene rings is 1. The molecule has 0 saturated carbocycles. The average Bonchev–Trinajstić information content (AvgIpc) is 2.71. The van der Waals surface area contributed by atoms with Crippen molar-refractivity contribution < 1.29 is 9.53 Å². The zero-order valence-corrected chi connectivity index (χ0v) is 17.4. The van der Waals surface area contributed by atoms with Crippen LogP contribution in [0.25, 0.3) is 11.0 Å². The molecule has 0 aliphatic heterocycles. The highest BCUT2D eigenvalue weighted by Crippen LogP contribution is 2.19. The summed E-state index contributed by atoms with van der Waals surface area (Å²) in [6.07, 6.45) is 1.49. The van der Waals surface area contributed by atoms with E-state index in [4.69, 9.17) is 16.3 Å². The molecule has 7 heteroatoms. The molecule has 0 atom stereocenters. The first kappa shape index (κ1) is 21.4. The Hall–Kier alpha value is -2.86. The molecule has 3 aromatic rings. The summed E-state index contributed by atoms with van der Waals surface area (Å²) in [6, 6.07) is 8.83. The van der Waals surface area contributed by atoms with Crippen molar-refractivity contribution in [2.75, 3.05) is 7.11 Å². The SMILES string of the molecule is CC.COc1nc2c(cc1C)c(=O)c(C(=O)NCc1ccc(Cl)cc1)cn2C. The zero-order chi connectivity index (χ0) is 20.8. The zero-order valence-electron chi connectivity index (χ0n) is 16.7. The van der Waals surface area contributed by atoms with E-state index in [0.29, 0.717) is 28.5 Å². The smallest absolute Gasteiger partial charge is 0.257 e. The number of fused-ring (bicyclic) bond motifs is 1. The summed E-state index contributed by atoms with van der Waals surface area (Å²) in [7, 11) is 3.26. The summed E-state index contributed by atoms with van der Waals surface area (Å²) in [5.41, 5.74) is 1.80. The molecule has 28 heavy (non-hydrogen) atoms. The van der Waals surface area contributed by atoms with E-state index in [0.717, 1.165) is 11.1 Å². The second kappa shape index (κ2) is 9.37. The van der Waals surface area contributed by atoms with Crippen molar-refractivity contribution >= 4 is 28.5 Å². The predicted molar refractivity (Wildman–Crippen MR) is 112 cm³/mol. The van der Waals surface area contributed by atoms with Gasteiger partial charge < -0.3 is 14.6 Å². The third kappa shape index (κ3) is 4.51. The van der Waals surface area contributed by atoms with Gasteiger partial charge in [-0.15, -0.1) is 0 Å². The van der Waals surface area contributed by atoms with Gasteiger partial charge in [0.25, 0.3) is 5.91 Å². The molecule has 0 unspecified atom stereocenters. The quantitative estimate of drug-likeness (QED) is 0.720. The van der Waals surface area contributed by atoms with E-state index in [1.54, 1.807) is 36.7 Å². The van der Waals surface area contributed by atoms with Crippen molar-refractivity contribution in [2.45, 2.75) is 27.3 Å². The molecular formula is C21H24ClN3O3. The summed E-state index contributed by atoms with van der Waals surface area (Å²) in [4.78, 5) is 29.6. The van der Waals surface area contributed by atoms with Gasteiger partial charge in [0.1, 0.15) is 11.2 Å². The molecule has 2 heterocycles. The summed E-state index contributed by atoms with van der Waals surface area (Å²) < 4.78 is 6.86. The molecule has 0 aliphatic rings. The lowest BCUT2D eigenvalue weighted by Gasteiger charge is -2.11. The van der Waals surface area contributed by atoms with Crippen LogP contribution in [0.4, 0.5) is 0 Å². The van der Waals surface area contributed by atoms with Crippen molar-refractivity contribution in [3.05, 3.63) is 68.5 Å². The Morgan fingerprint density at radius 3 is 2.50 bits per heavy atom. The molecule has 0 fully saturated rings. The maximum atomic E-state index is 12.8. The number of nitrogens with one attached hydrogen (secondary N) is 1. The van der Waals surface area contributed by atoms with Gasteiger partial charge in [-0.1, -0.05) is 37.6 Å². The fourth-order valence-electron chi connectivity index (χ4n) is 2.73. The fraction of sp³-hybridized carbons (Fsp3) is 0.286. The molecule has 1 amide bonds. The molecule has 148 valence electrons. The number of ether oxygens (including phenoxy) is 1. The van der Waals surface area contributed by atoms with Crippen molar-refractivity contribution in [3.8, 4) is 5.88 Å². The number of aromatic nitrogens is 2. The number of hydrogen-bond donors (Lipinski definition) is 1. The molecule has 3 rings (SSSR count). The highest BCUT2D eigenvalue weighted by Gasteiger charge is 2.16. The first-order valence-electron chi connectivity index (χ1n) is 8.98. The topological polar surface area (TPSA) is 73.2 Å². The lowest BCUT2D eigenvalue weighted by molar-refractivity contribution is 0.0949. The minimum atomic E-state index is -0.434. The molecule has 0 aliphatic carbocycles. The molecule has 0 spiro atoms. The van der Waals surface area contributed by atoms with Crippen molar-refractivity contribution in [2.24, 2.45) is 7.05 Å². The number of hydrogen-bond acceptors (Lipinski definition) is 4. The Balaban J connectivity index is 0.00000136. The monoisotopic (exact) mass is 401 g/mol. The summed E-state index contributed by atoms with van der Waals surface area (Å²) in [5, 5.41) is 3.77. The molecule has 2 aromatic heterocycles.